The molecule has 0 fully saturated rings. The van der Waals surface area contributed by atoms with Crippen LogP contribution in [0.15, 0.2) is 53.1 Å². The lowest BCUT2D eigenvalue weighted by Crippen LogP contribution is -2.03. The molecular weight excluding hydrogens is 405 g/mol. The van der Waals surface area contributed by atoms with Gasteiger partial charge in [-0.25, -0.2) is 4.79 Å². The summed E-state index contributed by atoms with van der Waals surface area (Å²) in [6.07, 6.45) is 0. The zero-order valence-electron chi connectivity index (χ0n) is 12.7. The molecule has 0 aliphatic rings. The van der Waals surface area contributed by atoms with Crippen molar-refractivity contribution >= 4 is 28.6 Å². The van der Waals surface area contributed by atoms with Gasteiger partial charge in [-0.1, -0.05) is 41.6 Å². The molecule has 0 unspecified atom stereocenters. The van der Waals surface area contributed by atoms with Crippen molar-refractivity contribution in [2.75, 3.05) is 7.11 Å². The molecule has 4 nitrogen and oxygen atoms in total. The number of hydrogen-bond acceptors (Lipinski definition) is 4. The first-order chi connectivity index (χ1) is 11.1. The van der Waals surface area contributed by atoms with Crippen LogP contribution in [-0.4, -0.2) is 18.2 Å². The highest BCUT2D eigenvalue weighted by molar-refractivity contribution is 14.1. The molecule has 0 radical (unpaired) electrons. The Morgan fingerprint density at radius 1 is 1.00 bits per heavy atom. The highest BCUT2D eigenvalue weighted by Gasteiger charge is 2.22. The summed E-state index contributed by atoms with van der Waals surface area (Å²) in [4.78, 5) is 11.9. The summed E-state index contributed by atoms with van der Waals surface area (Å²) >= 11 is 2.28. The van der Waals surface area contributed by atoms with Gasteiger partial charge in [-0.05, 0) is 52.8 Å². The maximum Gasteiger partial charge on any atom is 0.343 e. The topological polar surface area (TPSA) is 52.3 Å². The smallest absolute Gasteiger partial charge is 0.343 e. The molecular formula is C18H14INO3. The molecule has 3 aromatic rings. The van der Waals surface area contributed by atoms with E-state index in [9.17, 15) is 4.79 Å². The van der Waals surface area contributed by atoms with Crippen LogP contribution >= 0.6 is 22.6 Å². The molecule has 0 atom stereocenters. The van der Waals surface area contributed by atoms with Gasteiger partial charge in [0, 0.05) is 9.13 Å². The van der Waals surface area contributed by atoms with E-state index in [0.29, 0.717) is 17.0 Å². The van der Waals surface area contributed by atoms with Gasteiger partial charge in [0.2, 0.25) is 0 Å². The molecule has 0 spiro atoms. The van der Waals surface area contributed by atoms with Crippen LogP contribution < -0.4 is 0 Å². The molecule has 0 saturated carbocycles. The van der Waals surface area contributed by atoms with Gasteiger partial charge in [0.1, 0.15) is 5.56 Å². The van der Waals surface area contributed by atoms with Gasteiger partial charge in [0.05, 0.1) is 12.8 Å². The highest BCUT2D eigenvalue weighted by atomic mass is 127. The monoisotopic (exact) mass is 419 g/mol. The van der Waals surface area contributed by atoms with E-state index in [0.717, 1.165) is 16.7 Å². The van der Waals surface area contributed by atoms with Crippen LogP contribution in [0.5, 0.6) is 0 Å². The predicted molar refractivity (Wildman–Crippen MR) is 96.2 cm³/mol. The fourth-order valence-electron chi connectivity index (χ4n) is 2.37. The van der Waals surface area contributed by atoms with Gasteiger partial charge < -0.3 is 9.26 Å². The predicted octanol–water partition coefficient (Wildman–Crippen LogP) is 4.71. The maximum atomic E-state index is 11.9. The summed E-state index contributed by atoms with van der Waals surface area (Å²) < 4.78 is 11.3. The summed E-state index contributed by atoms with van der Waals surface area (Å²) in [5.41, 5.74) is 3.92. The van der Waals surface area contributed by atoms with Crippen molar-refractivity contribution in [2.45, 2.75) is 6.92 Å². The lowest BCUT2D eigenvalue weighted by Gasteiger charge is -2.04. The second kappa shape index (κ2) is 6.54. The number of nitrogens with zero attached hydrogens (tertiary/aromatic N) is 1. The molecule has 116 valence electrons. The van der Waals surface area contributed by atoms with Crippen molar-refractivity contribution in [1.82, 2.24) is 5.16 Å². The number of aryl methyl sites for hydroxylation is 1. The van der Waals surface area contributed by atoms with E-state index >= 15 is 0 Å². The lowest BCUT2D eigenvalue weighted by atomic mass is 10.0. The number of esters is 1. The third kappa shape index (κ3) is 3.14. The van der Waals surface area contributed by atoms with Crippen LogP contribution in [0.3, 0.4) is 0 Å². The van der Waals surface area contributed by atoms with Crippen LogP contribution in [0.4, 0.5) is 0 Å². The average Bonchev–Trinajstić information content (AvgIpc) is 2.97. The largest absolute Gasteiger partial charge is 0.465 e. The zero-order chi connectivity index (χ0) is 16.4. The molecule has 0 N–H and O–H groups in total. The fourth-order valence-corrected chi connectivity index (χ4v) is 2.73. The van der Waals surface area contributed by atoms with Gasteiger partial charge in [0.25, 0.3) is 0 Å². The Labute approximate surface area is 147 Å². The average molecular weight is 419 g/mol. The van der Waals surface area contributed by atoms with E-state index in [4.69, 9.17) is 9.26 Å². The number of rotatable bonds is 3. The van der Waals surface area contributed by atoms with Crippen LogP contribution in [0.25, 0.3) is 22.5 Å². The molecule has 23 heavy (non-hydrogen) atoms. The molecule has 1 heterocycles. The minimum absolute atomic E-state index is 0.370. The van der Waals surface area contributed by atoms with Crippen LogP contribution in [-0.2, 0) is 4.74 Å². The molecule has 3 rings (SSSR count). The van der Waals surface area contributed by atoms with Gasteiger partial charge in [-0.2, -0.15) is 0 Å². The van der Waals surface area contributed by atoms with Crippen molar-refractivity contribution in [3.63, 3.8) is 0 Å². The number of methoxy groups -OCH3 is 1. The number of hydrogen-bond donors (Lipinski definition) is 0. The molecule has 0 saturated heterocycles. The zero-order valence-corrected chi connectivity index (χ0v) is 14.8. The molecule has 2 aromatic carbocycles. The minimum atomic E-state index is -0.444. The third-order valence-corrected chi connectivity index (χ3v) is 4.30. The summed E-state index contributed by atoms with van der Waals surface area (Å²) in [5, 5.41) is 3.88. The Balaban J connectivity index is 1.97. The number of ether oxygens (including phenoxy) is 1. The summed E-state index contributed by atoms with van der Waals surface area (Å²) in [5.74, 6) is -0.0102. The van der Waals surface area contributed by atoms with Crippen molar-refractivity contribution < 1.29 is 14.1 Å². The number of halogens is 1. The minimum Gasteiger partial charge on any atom is -0.465 e. The molecule has 0 amide bonds. The third-order valence-electron chi connectivity index (χ3n) is 3.58. The van der Waals surface area contributed by atoms with Gasteiger partial charge in [-0.3, -0.25) is 0 Å². The van der Waals surface area contributed by atoms with E-state index in [1.807, 2.05) is 24.3 Å². The first kappa shape index (κ1) is 15.7. The Morgan fingerprint density at radius 2 is 1.52 bits per heavy atom. The number of aromatic nitrogens is 1. The van der Waals surface area contributed by atoms with E-state index < -0.39 is 5.97 Å². The first-order valence-electron chi connectivity index (χ1n) is 7.01. The first-order valence-corrected chi connectivity index (χ1v) is 8.09. The molecule has 0 bridgehead atoms. The van der Waals surface area contributed by atoms with Crippen molar-refractivity contribution in [3.8, 4) is 22.5 Å². The van der Waals surface area contributed by atoms with Crippen LogP contribution in [0.2, 0.25) is 0 Å². The van der Waals surface area contributed by atoms with Crippen LogP contribution in [0, 0.1) is 10.5 Å². The van der Waals surface area contributed by atoms with Crippen LogP contribution in [0.1, 0.15) is 16.1 Å². The second-order valence-electron chi connectivity index (χ2n) is 5.05. The Hall–Kier alpha value is -2.15. The highest BCUT2D eigenvalue weighted by Crippen LogP contribution is 2.29. The molecule has 1 aromatic heterocycles. The van der Waals surface area contributed by atoms with Crippen molar-refractivity contribution in [2.24, 2.45) is 0 Å². The normalized spacial score (nSPS) is 10.6. The van der Waals surface area contributed by atoms with Gasteiger partial charge in [0.15, 0.2) is 5.76 Å². The van der Waals surface area contributed by atoms with Gasteiger partial charge >= 0.3 is 5.97 Å². The van der Waals surface area contributed by atoms with Crippen molar-refractivity contribution in [3.05, 3.63) is 63.4 Å². The Bertz CT molecular complexity index is 836. The van der Waals surface area contributed by atoms with E-state index in [1.165, 1.54) is 10.7 Å². The van der Waals surface area contributed by atoms with E-state index in [1.54, 1.807) is 6.92 Å². The number of benzene rings is 2. The maximum absolute atomic E-state index is 11.9. The summed E-state index contributed by atoms with van der Waals surface area (Å²) in [7, 11) is 1.35. The quantitative estimate of drug-likeness (QED) is 0.456. The lowest BCUT2D eigenvalue weighted by molar-refractivity contribution is 0.0600. The fraction of sp³-hybridized carbons (Fsp3) is 0.111. The second-order valence-corrected chi connectivity index (χ2v) is 6.29. The summed E-state index contributed by atoms with van der Waals surface area (Å²) in [6.45, 7) is 1.72. The SMILES string of the molecule is COC(=O)c1c(C)noc1-c1ccc(-c2ccc(I)cc2)cc1. The van der Waals surface area contributed by atoms with Crippen molar-refractivity contribution in [1.29, 1.82) is 0 Å². The molecule has 0 aliphatic heterocycles. The van der Waals surface area contributed by atoms with E-state index in [-0.39, 0.29) is 0 Å². The van der Waals surface area contributed by atoms with E-state index in [2.05, 4.69) is 52.0 Å². The standard InChI is InChI=1S/C18H14INO3/c1-11-16(18(21)22-2)17(23-20-11)14-5-3-12(4-6-14)13-7-9-15(19)10-8-13/h3-10H,1-2H3. The van der Waals surface area contributed by atoms with Gasteiger partial charge in [-0.15, -0.1) is 0 Å². The number of carbonyl (C=O) groups is 1. The Morgan fingerprint density at radius 3 is 2.09 bits per heavy atom. The number of carbonyl (C=O) groups excluding carboxylic acids is 1. The summed E-state index contributed by atoms with van der Waals surface area (Å²) in [6, 6.07) is 16.1. The Kier molecular flexibility index (Phi) is 4.47. The molecule has 5 heteroatoms. The molecule has 0 aliphatic carbocycles.